The van der Waals surface area contributed by atoms with Gasteiger partial charge in [-0.1, -0.05) is 54.8 Å². The van der Waals surface area contributed by atoms with Crippen LogP contribution < -0.4 is 5.73 Å². The van der Waals surface area contributed by atoms with E-state index in [2.05, 4.69) is 5.16 Å². The van der Waals surface area contributed by atoms with Crippen molar-refractivity contribution in [1.29, 1.82) is 0 Å². The van der Waals surface area contributed by atoms with E-state index in [1.165, 1.54) is 0 Å². The summed E-state index contributed by atoms with van der Waals surface area (Å²) in [5.41, 5.74) is 6.10. The van der Waals surface area contributed by atoms with Gasteiger partial charge in [0.15, 0.2) is 5.84 Å². The summed E-state index contributed by atoms with van der Waals surface area (Å²) < 4.78 is 0. The summed E-state index contributed by atoms with van der Waals surface area (Å²) in [6.07, 6.45) is 4.26. The molecule has 0 aliphatic heterocycles. The topological polar surface area (TPSA) is 78.9 Å². The van der Waals surface area contributed by atoms with Crippen molar-refractivity contribution < 1.29 is 10.0 Å². The van der Waals surface area contributed by atoms with Crippen molar-refractivity contribution in [3.05, 3.63) is 35.9 Å². The maximum Gasteiger partial charge on any atom is 0.236 e. The summed E-state index contributed by atoms with van der Waals surface area (Å²) in [6.45, 7) is 0.528. The zero-order chi connectivity index (χ0) is 15.3. The first-order chi connectivity index (χ1) is 10.1. The molecule has 0 heterocycles. The second kappa shape index (κ2) is 6.61. The van der Waals surface area contributed by atoms with Gasteiger partial charge in [0.05, 0.1) is 0 Å². The van der Waals surface area contributed by atoms with Crippen molar-refractivity contribution in [1.82, 2.24) is 4.90 Å². The first-order valence-corrected chi connectivity index (χ1v) is 7.37. The van der Waals surface area contributed by atoms with E-state index in [-0.39, 0.29) is 11.7 Å². The first kappa shape index (κ1) is 15.4. The predicted octanol–water partition coefficient (Wildman–Crippen LogP) is 2.34. The van der Waals surface area contributed by atoms with Gasteiger partial charge >= 0.3 is 0 Å². The normalized spacial score (nSPS) is 18.2. The van der Waals surface area contributed by atoms with E-state index < -0.39 is 5.41 Å². The fraction of sp³-hybridized carbons (Fsp3) is 0.500. The largest absolute Gasteiger partial charge is 0.409 e. The Balaban J connectivity index is 2.18. The molecule has 0 unspecified atom stereocenters. The van der Waals surface area contributed by atoms with Crippen LogP contribution in [0.15, 0.2) is 35.5 Å². The Bertz CT molecular complexity index is 508. The third-order valence-corrected chi connectivity index (χ3v) is 4.32. The van der Waals surface area contributed by atoms with Crippen LogP contribution in [0.25, 0.3) is 0 Å². The standard InChI is InChI=1S/C16H23N3O2/c1-19(12-13-8-4-2-5-9-13)15(20)16(14(17)18-21)10-6-3-7-11-16/h2,4-5,8-9,21H,3,6-7,10-12H2,1H3,(H2,17,18). The molecule has 0 aromatic heterocycles. The monoisotopic (exact) mass is 289 g/mol. The van der Waals surface area contributed by atoms with Crippen LogP contribution in [-0.4, -0.2) is 28.9 Å². The number of nitrogens with two attached hydrogens (primary N) is 1. The van der Waals surface area contributed by atoms with Gasteiger partial charge in [0, 0.05) is 13.6 Å². The van der Waals surface area contributed by atoms with Crippen LogP contribution in [0.4, 0.5) is 0 Å². The van der Waals surface area contributed by atoms with Crippen LogP contribution in [-0.2, 0) is 11.3 Å². The molecule has 5 heteroatoms. The van der Waals surface area contributed by atoms with E-state index >= 15 is 0 Å². The second-order valence-corrected chi connectivity index (χ2v) is 5.77. The lowest BCUT2D eigenvalue weighted by molar-refractivity contribution is -0.139. The predicted molar refractivity (Wildman–Crippen MR) is 81.8 cm³/mol. The molecule has 0 saturated heterocycles. The molecule has 5 nitrogen and oxygen atoms in total. The number of hydrogen-bond acceptors (Lipinski definition) is 3. The zero-order valence-electron chi connectivity index (χ0n) is 12.5. The molecule has 0 bridgehead atoms. The quantitative estimate of drug-likeness (QED) is 0.386. The van der Waals surface area contributed by atoms with Gasteiger partial charge in [-0.15, -0.1) is 0 Å². The molecule has 1 aromatic rings. The zero-order valence-corrected chi connectivity index (χ0v) is 12.5. The van der Waals surface area contributed by atoms with Gasteiger partial charge in [-0.05, 0) is 18.4 Å². The number of amides is 1. The highest BCUT2D eigenvalue weighted by Crippen LogP contribution is 2.38. The molecular formula is C16H23N3O2. The van der Waals surface area contributed by atoms with Gasteiger partial charge < -0.3 is 15.8 Å². The molecule has 0 spiro atoms. The van der Waals surface area contributed by atoms with E-state index in [1.807, 2.05) is 30.3 Å². The van der Waals surface area contributed by atoms with Crippen LogP contribution >= 0.6 is 0 Å². The van der Waals surface area contributed by atoms with Gasteiger partial charge in [0.1, 0.15) is 5.41 Å². The van der Waals surface area contributed by atoms with Gasteiger partial charge in [0.2, 0.25) is 5.91 Å². The third-order valence-electron chi connectivity index (χ3n) is 4.32. The Labute approximate surface area is 125 Å². The van der Waals surface area contributed by atoms with Crippen molar-refractivity contribution in [2.45, 2.75) is 38.6 Å². The minimum absolute atomic E-state index is 0.0483. The average molecular weight is 289 g/mol. The molecular weight excluding hydrogens is 266 g/mol. The average Bonchev–Trinajstić information content (AvgIpc) is 2.54. The van der Waals surface area contributed by atoms with Crippen molar-refractivity contribution in [3.8, 4) is 0 Å². The van der Waals surface area contributed by atoms with Crippen molar-refractivity contribution >= 4 is 11.7 Å². The fourth-order valence-corrected chi connectivity index (χ4v) is 3.13. The van der Waals surface area contributed by atoms with Crippen molar-refractivity contribution in [3.63, 3.8) is 0 Å². The van der Waals surface area contributed by atoms with Crippen LogP contribution in [0.5, 0.6) is 0 Å². The number of amidine groups is 1. The number of hydrogen-bond donors (Lipinski definition) is 2. The van der Waals surface area contributed by atoms with Crippen LogP contribution in [0.3, 0.4) is 0 Å². The number of nitrogens with zero attached hydrogens (tertiary/aromatic N) is 2. The minimum Gasteiger partial charge on any atom is -0.409 e. The molecule has 21 heavy (non-hydrogen) atoms. The summed E-state index contributed by atoms with van der Waals surface area (Å²) in [4.78, 5) is 14.6. The molecule has 114 valence electrons. The van der Waals surface area contributed by atoms with Crippen molar-refractivity contribution in [2.24, 2.45) is 16.3 Å². The molecule has 1 aromatic carbocycles. The van der Waals surface area contributed by atoms with E-state index in [1.54, 1.807) is 11.9 Å². The summed E-state index contributed by atoms with van der Waals surface area (Å²) in [7, 11) is 1.77. The lowest BCUT2D eigenvalue weighted by Crippen LogP contribution is -2.51. The minimum atomic E-state index is -0.837. The smallest absolute Gasteiger partial charge is 0.236 e. The molecule has 1 aliphatic rings. The van der Waals surface area contributed by atoms with Crippen molar-refractivity contribution in [2.75, 3.05) is 7.05 Å². The highest BCUT2D eigenvalue weighted by atomic mass is 16.4. The molecule has 2 rings (SSSR count). The Morgan fingerprint density at radius 1 is 1.29 bits per heavy atom. The number of rotatable bonds is 4. The van der Waals surface area contributed by atoms with Gasteiger partial charge in [-0.3, -0.25) is 4.79 Å². The van der Waals surface area contributed by atoms with E-state index in [4.69, 9.17) is 10.9 Å². The molecule has 3 N–H and O–H groups in total. The van der Waals surface area contributed by atoms with Gasteiger partial charge in [0.25, 0.3) is 0 Å². The first-order valence-electron chi connectivity index (χ1n) is 7.37. The molecule has 0 radical (unpaired) electrons. The van der Waals surface area contributed by atoms with Gasteiger partial charge in [-0.2, -0.15) is 0 Å². The SMILES string of the molecule is CN(Cc1ccccc1)C(=O)C1(C(N)=NO)CCCCC1. The Hall–Kier alpha value is -2.04. The molecule has 1 saturated carbocycles. The highest BCUT2D eigenvalue weighted by molar-refractivity contribution is 6.06. The van der Waals surface area contributed by atoms with E-state index in [0.29, 0.717) is 19.4 Å². The Morgan fingerprint density at radius 3 is 2.48 bits per heavy atom. The third kappa shape index (κ3) is 3.17. The lowest BCUT2D eigenvalue weighted by Gasteiger charge is -2.37. The number of benzene rings is 1. The summed E-state index contributed by atoms with van der Waals surface area (Å²) >= 11 is 0. The second-order valence-electron chi connectivity index (χ2n) is 5.77. The summed E-state index contributed by atoms with van der Waals surface area (Å²) in [5.74, 6) is -0.00605. The maximum absolute atomic E-state index is 12.9. The Kier molecular flexibility index (Phi) is 4.83. The highest BCUT2D eigenvalue weighted by Gasteiger charge is 2.45. The van der Waals surface area contributed by atoms with Crippen LogP contribution in [0.2, 0.25) is 0 Å². The Morgan fingerprint density at radius 2 is 1.90 bits per heavy atom. The number of carbonyl (C=O) groups excluding carboxylic acids is 1. The molecule has 1 fully saturated rings. The number of carbonyl (C=O) groups is 1. The molecule has 1 aliphatic carbocycles. The number of oxime groups is 1. The van der Waals surface area contributed by atoms with E-state index in [0.717, 1.165) is 24.8 Å². The van der Waals surface area contributed by atoms with Crippen LogP contribution in [0.1, 0.15) is 37.7 Å². The maximum atomic E-state index is 12.9. The van der Waals surface area contributed by atoms with Gasteiger partial charge in [-0.25, -0.2) is 0 Å². The summed E-state index contributed by atoms with van der Waals surface area (Å²) in [6, 6.07) is 9.83. The van der Waals surface area contributed by atoms with E-state index in [9.17, 15) is 4.79 Å². The molecule has 1 amide bonds. The fourth-order valence-electron chi connectivity index (χ4n) is 3.13. The lowest BCUT2D eigenvalue weighted by atomic mass is 9.72. The summed E-state index contributed by atoms with van der Waals surface area (Å²) in [5, 5.41) is 12.2. The molecule has 0 atom stereocenters. The van der Waals surface area contributed by atoms with Crippen LogP contribution in [0, 0.1) is 5.41 Å².